The van der Waals surface area contributed by atoms with Gasteiger partial charge in [-0.05, 0) is 60.2 Å². The maximum Gasteiger partial charge on any atom is 0.418 e. The summed E-state index contributed by atoms with van der Waals surface area (Å²) in [7, 11) is 0. The summed E-state index contributed by atoms with van der Waals surface area (Å²) in [5.41, 5.74) is 2.53. The van der Waals surface area contributed by atoms with E-state index >= 15 is 0 Å². The molecule has 0 atom stereocenters. The van der Waals surface area contributed by atoms with Gasteiger partial charge in [0.05, 0.1) is 17.8 Å². The fourth-order valence-corrected chi connectivity index (χ4v) is 5.38. The van der Waals surface area contributed by atoms with Crippen LogP contribution in [0.3, 0.4) is 0 Å². The first-order chi connectivity index (χ1) is 20.3. The molecule has 0 saturated carbocycles. The van der Waals surface area contributed by atoms with E-state index in [9.17, 15) is 18.0 Å². The first kappa shape index (κ1) is 27.4. The Hall–Kier alpha value is -4.79. The highest BCUT2D eigenvalue weighted by atomic mass is 19.4. The molecule has 4 aromatic carbocycles. The molecule has 6 nitrogen and oxygen atoms in total. The van der Waals surface area contributed by atoms with Crippen molar-refractivity contribution < 1.29 is 22.7 Å². The van der Waals surface area contributed by atoms with Crippen molar-refractivity contribution in [2.24, 2.45) is 0 Å². The normalized spacial score (nSPS) is 13.9. The van der Waals surface area contributed by atoms with Gasteiger partial charge in [-0.1, -0.05) is 42.5 Å². The summed E-state index contributed by atoms with van der Waals surface area (Å²) in [4.78, 5) is 15.7. The Bertz CT molecular complexity index is 1690. The Morgan fingerprint density at radius 1 is 0.810 bits per heavy atom. The molecule has 1 saturated heterocycles. The number of hydrogen-bond acceptors (Lipinski definition) is 4. The van der Waals surface area contributed by atoms with Crippen molar-refractivity contribution in [3.63, 3.8) is 0 Å². The number of fused-ring (bicyclic) bond motifs is 1. The van der Waals surface area contributed by atoms with Crippen LogP contribution in [0.25, 0.3) is 22.2 Å². The molecule has 0 aliphatic carbocycles. The highest BCUT2D eigenvalue weighted by molar-refractivity contribution is 5.95. The molecular weight excluding hydrogens is 541 g/mol. The molecule has 6 rings (SSSR count). The molecule has 0 bridgehead atoms. The third kappa shape index (κ3) is 5.68. The first-order valence-electron chi connectivity index (χ1n) is 13.8. The van der Waals surface area contributed by atoms with Crippen molar-refractivity contribution in [3.8, 4) is 22.8 Å². The summed E-state index contributed by atoms with van der Waals surface area (Å²) in [5, 5.41) is 4.88. The van der Waals surface area contributed by atoms with E-state index in [1.807, 2.05) is 83.8 Å². The van der Waals surface area contributed by atoms with Crippen molar-refractivity contribution >= 4 is 22.5 Å². The van der Waals surface area contributed by atoms with Crippen LogP contribution in [0.2, 0.25) is 0 Å². The Morgan fingerprint density at radius 3 is 2.07 bits per heavy atom. The van der Waals surface area contributed by atoms with E-state index in [-0.39, 0.29) is 11.4 Å². The van der Waals surface area contributed by atoms with Crippen LogP contribution in [0.5, 0.6) is 11.5 Å². The number of alkyl halides is 3. The number of rotatable bonds is 6. The molecule has 0 spiro atoms. The fraction of sp³-hybridized carbons (Fsp3) is 0.212. The predicted octanol–water partition coefficient (Wildman–Crippen LogP) is 7.23. The van der Waals surface area contributed by atoms with Crippen LogP contribution in [-0.2, 0) is 17.5 Å². The summed E-state index contributed by atoms with van der Waals surface area (Å²) in [6.07, 6.45) is -4.52. The van der Waals surface area contributed by atoms with Gasteiger partial charge in [0, 0.05) is 49.7 Å². The zero-order chi connectivity index (χ0) is 29.3. The van der Waals surface area contributed by atoms with Crippen LogP contribution in [0.4, 0.5) is 18.9 Å². The van der Waals surface area contributed by atoms with Gasteiger partial charge in [0.15, 0.2) is 0 Å². The molecule has 1 fully saturated rings. The molecule has 42 heavy (non-hydrogen) atoms. The highest BCUT2D eigenvalue weighted by Gasteiger charge is 2.34. The topological polar surface area (TPSA) is 50.6 Å². The van der Waals surface area contributed by atoms with Gasteiger partial charge < -0.3 is 14.5 Å². The van der Waals surface area contributed by atoms with Gasteiger partial charge in [0.25, 0.3) is 0 Å². The lowest BCUT2D eigenvalue weighted by atomic mass is 10.0. The molecule has 1 amide bonds. The third-order valence-electron chi connectivity index (χ3n) is 7.54. The number of ether oxygens (including phenoxy) is 1. The summed E-state index contributed by atoms with van der Waals surface area (Å²) in [6, 6.07) is 28.8. The Morgan fingerprint density at radius 2 is 1.45 bits per heavy atom. The summed E-state index contributed by atoms with van der Waals surface area (Å²) in [5.74, 6) is 1.38. The lowest BCUT2D eigenvalue weighted by molar-refractivity contribution is -0.136. The predicted molar refractivity (Wildman–Crippen MR) is 157 cm³/mol. The Balaban J connectivity index is 1.24. The lowest BCUT2D eigenvalue weighted by Gasteiger charge is -2.35. The van der Waals surface area contributed by atoms with Crippen LogP contribution >= 0.6 is 0 Å². The zero-order valence-electron chi connectivity index (χ0n) is 23.0. The molecule has 0 N–H and O–H groups in total. The van der Waals surface area contributed by atoms with Crippen LogP contribution in [-0.4, -0.2) is 46.8 Å². The van der Waals surface area contributed by atoms with Crippen LogP contribution in [0.1, 0.15) is 18.1 Å². The number of halogens is 3. The number of carbonyl (C=O) groups excluding carboxylic acids is 1. The van der Waals surface area contributed by atoms with E-state index in [4.69, 9.17) is 4.74 Å². The van der Waals surface area contributed by atoms with Gasteiger partial charge in [0.2, 0.25) is 5.91 Å². The van der Waals surface area contributed by atoms with Crippen molar-refractivity contribution in [1.82, 2.24) is 14.7 Å². The van der Waals surface area contributed by atoms with E-state index in [0.717, 1.165) is 36.0 Å². The minimum Gasteiger partial charge on any atom is -0.457 e. The Kier molecular flexibility index (Phi) is 7.33. The quantitative estimate of drug-likeness (QED) is 0.216. The molecule has 1 aliphatic heterocycles. The van der Waals surface area contributed by atoms with E-state index in [2.05, 4.69) is 10.00 Å². The van der Waals surface area contributed by atoms with Crippen molar-refractivity contribution in [1.29, 1.82) is 0 Å². The van der Waals surface area contributed by atoms with Crippen LogP contribution in [0, 0.1) is 0 Å². The minimum atomic E-state index is -4.52. The number of aromatic nitrogens is 2. The average molecular weight is 571 g/mol. The number of anilines is 1. The van der Waals surface area contributed by atoms with E-state index < -0.39 is 11.7 Å². The second-order valence-electron chi connectivity index (χ2n) is 10.3. The average Bonchev–Trinajstić information content (AvgIpc) is 3.36. The van der Waals surface area contributed by atoms with Crippen molar-refractivity contribution in [3.05, 3.63) is 108 Å². The van der Waals surface area contributed by atoms with Crippen LogP contribution in [0.15, 0.2) is 97.1 Å². The number of nitrogens with zero attached hydrogens (tertiary/aromatic N) is 4. The molecule has 1 aromatic heterocycles. The van der Waals surface area contributed by atoms with Gasteiger partial charge in [-0.3, -0.25) is 9.48 Å². The zero-order valence-corrected chi connectivity index (χ0v) is 23.0. The number of piperazine rings is 1. The highest BCUT2D eigenvalue weighted by Crippen LogP contribution is 2.38. The van der Waals surface area contributed by atoms with Gasteiger partial charge in [-0.15, -0.1) is 0 Å². The minimum absolute atomic E-state index is 0.0703. The standard InChI is InChI=1S/C33H29F3N4O2/c1-23(41)38-18-20-39(21-19-38)26-12-16-28(17-13-26)42-27-14-10-25(11-15-27)32-29-8-5-9-30(33(34,35)36)31(29)37-40(32)22-24-6-3-2-4-7-24/h2-17H,18-22H2,1H3. The second kappa shape index (κ2) is 11.2. The Labute approximate surface area is 241 Å². The molecular formula is C33H29F3N4O2. The largest absolute Gasteiger partial charge is 0.457 e. The molecule has 2 heterocycles. The first-order valence-corrected chi connectivity index (χ1v) is 13.8. The SMILES string of the molecule is CC(=O)N1CCN(c2ccc(Oc3ccc(-c4c5cccc(C(F)(F)F)c5nn4Cc4ccccc4)cc3)cc2)CC1. The second-order valence-corrected chi connectivity index (χ2v) is 10.3. The maximum absolute atomic E-state index is 13.8. The summed E-state index contributed by atoms with van der Waals surface area (Å²) < 4.78 is 49.2. The van der Waals surface area contributed by atoms with E-state index in [1.165, 1.54) is 6.07 Å². The number of benzene rings is 4. The number of amides is 1. The molecule has 9 heteroatoms. The van der Waals surface area contributed by atoms with Gasteiger partial charge in [0.1, 0.15) is 17.0 Å². The number of hydrogen-bond donors (Lipinski definition) is 0. The monoisotopic (exact) mass is 570 g/mol. The summed E-state index contributed by atoms with van der Waals surface area (Å²) in [6.45, 7) is 4.90. The molecule has 5 aromatic rings. The van der Waals surface area contributed by atoms with Crippen molar-refractivity contribution in [2.45, 2.75) is 19.6 Å². The lowest BCUT2D eigenvalue weighted by Crippen LogP contribution is -2.48. The van der Waals surface area contributed by atoms with E-state index in [1.54, 1.807) is 17.7 Å². The molecule has 1 aliphatic rings. The van der Waals surface area contributed by atoms with Gasteiger partial charge in [-0.25, -0.2) is 0 Å². The summed E-state index contributed by atoms with van der Waals surface area (Å²) >= 11 is 0. The van der Waals surface area contributed by atoms with Crippen LogP contribution < -0.4 is 9.64 Å². The maximum atomic E-state index is 13.8. The van der Waals surface area contributed by atoms with Crippen molar-refractivity contribution in [2.75, 3.05) is 31.1 Å². The molecule has 0 unspecified atom stereocenters. The van der Waals surface area contributed by atoms with Gasteiger partial charge in [-0.2, -0.15) is 18.3 Å². The molecule has 0 radical (unpaired) electrons. The van der Waals surface area contributed by atoms with E-state index in [0.29, 0.717) is 42.2 Å². The fourth-order valence-electron chi connectivity index (χ4n) is 5.38. The third-order valence-corrected chi connectivity index (χ3v) is 7.54. The van der Waals surface area contributed by atoms with Gasteiger partial charge >= 0.3 is 6.18 Å². The number of carbonyl (C=O) groups is 1. The smallest absolute Gasteiger partial charge is 0.418 e. The molecule has 214 valence electrons.